The fraction of sp³-hybridized carbons (Fsp3) is 0.294. The highest BCUT2D eigenvalue weighted by Gasteiger charge is 2.23. The molecular formula is C17H20FNO2. The normalized spacial score (nSPS) is 13.8. The number of benzene rings is 2. The monoisotopic (exact) mass is 289 g/mol. The van der Waals surface area contributed by atoms with Gasteiger partial charge in [0, 0.05) is 12.5 Å². The van der Waals surface area contributed by atoms with E-state index in [1.807, 2.05) is 31.2 Å². The number of aryl methyl sites for hydroxylation is 1. The molecule has 2 aromatic rings. The van der Waals surface area contributed by atoms with Gasteiger partial charge in [-0.1, -0.05) is 18.2 Å². The Morgan fingerprint density at radius 3 is 2.67 bits per heavy atom. The molecular weight excluding hydrogens is 269 g/mol. The van der Waals surface area contributed by atoms with Crippen molar-refractivity contribution in [2.45, 2.75) is 18.9 Å². The summed E-state index contributed by atoms with van der Waals surface area (Å²) in [5, 5.41) is 10.6. The molecule has 0 aliphatic rings. The lowest BCUT2D eigenvalue weighted by Crippen LogP contribution is -2.21. The third-order valence-corrected chi connectivity index (χ3v) is 3.72. The molecule has 0 fully saturated rings. The first-order valence-electron chi connectivity index (χ1n) is 6.85. The van der Waals surface area contributed by atoms with Crippen LogP contribution < -0.4 is 10.5 Å². The summed E-state index contributed by atoms with van der Waals surface area (Å²) in [6, 6.07) is 11.8. The van der Waals surface area contributed by atoms with E-state index >= 15 is 0 Å². The standard InChI is InChI=1S/C17H20FNO2/c1-11-6-7-13(18)9-15(11)17(20)16(10-19)12-4-3-5-14(8-12)21-2/h3-9,16-17,20H,10,19H2,1-2H3. The largest absolute Gasteiger partial charge is 0.497 e. The van der Waals surface area contributed by atoms with Crippen molar-refractivity contribution < 1.29 is 14.2 Å². The molecule has 21 heavy (non-hydrogen) atoms. The van der Waals surface area contributed by atoms with Gasteiger partial charge in [0.1, 0.15) is 11.6 Å². The van der Waals surface area contributed by atoms with Gasteiger partial charge in [0.05, 0.1) is 13.2 Å². The molecule has 2 rings (SSSR count). The van der Waals surface area contributed by atoms with Crippen LogP contribution >= 0.6 is 0 Å². The quantitative estimate of drug-likeness (QED) is 0.890. The van der Waals surface area contributed by atoms with Crippen LogP contribution in [0.3, 0.4) is 0 Å². The summed E-state index contributed by atoms with van der Waals surface area (Å²) >= 11 is 0. The molecule has 0 aliphatic heterocycles. The maximum atomic E-state index is 13.4. The molecule has 0 saturated heterocycles. The van der Waals surface area contributed by atoms with Crippen molar-refractivity contribution in [2.75, 3.05) is 13.7 Å². The molecule has 0 saturated carbocycles. The maximum absolute atomic E-state index is 13.4. The van der Waals surface area contributed by atoms with Crippen molar-refractivity contribution in [3.63, 3.8) is 0 Å². The van der Waals surface area contributed by atoms with Crippen LogP contribution in [-0.2, 0) is 0 Å². The topological polar surface area (TPSA) is 55.5 Å². The number of hydrogen-bond donors (Lipinski definition) is 2. The molecule has 0 amide bonds. The molecule has 112 valence electrons. The zero-order valence-electron chi connectivity index (χ0n) is 12.2. The van der Waals surface area contributed by atoms with Gasteiger partial charge in [-0.2, -0.15) is 0 Å². The molecule has 0 radical (unpaired) electrons. The van der Waals surface area contributed by atoms with Gasteiger partial charge in [0.25, 0.3) is 0 Å². The van der Waals surface area contributed by atoms with E-state index in [2.05, 4.69) is 0 Å². The number of ether oxygens (including phenoxy) is 1. The van der Waals surface area contributed by atoms with E-state index in [0.29, 0.717) is 11.3 Å². The molecule has 0 aromatic heterocycles. The number of halogens is 1. The fourth-order valence-electron chi connectivity index (χ4n) is 2.47. The zero-order chi connectivity index (χ0) is 15.4. The van der Waals surface area contributed by atoms with Crippen LogP contribution in [0.4, 0.5) is 4.39 Å². The second-order valence-electron chi connectivity index (χ2n) is 5.06. The van der Waals surface area contributed by atoms with Gasteiger partial charge < -0.3 is 15.6 Å². The molecule has 0 heterocycles. The SMILES string of the molecule is COc1cccc(C(CN)C(O)c2cc(F)ccc2C)c1. The van der Waals surface area contributed by atoms with Gasteiger partial charge in [0.15, 0.2) is 0 Å². The number of aliphatic hydroxyl groups is 1. The van der Waals surface area contributed by atoms with E-state index in [1.54, 1.807) is 13.2 Å². The van der Waals surface area contributed by atoms with Gasteiger partial charge in [-0.25, -0.2) is 4.39 Å². The average molecular weight is 289 g/mol. The smallest absolute Gasteiger partial charge is 0.123 e. The minimum Gasteiger partial charge on any atom is -0.497 e. The number of aliphatic hydroxyl groups excluding tert-OH is 1. The molecule has 0 aliphatic carbocycles. The first-order valence-corrected chi connectivity index (χ1v) is 6.85. The van der Waals surface area contributed by atoms with Crippen LogP contribution in [0.1, 0.15) is 28.7 Å². The van der Waals surface area contributed by atoms with Gasteiger partial charge >= 0.3 is 0 Å². The van der Waals surface area contributed by atoms with Crippen molar-refractivity contribution in [1.82, 2.24) is 0 Å². The van der Waals surface area contributed by atoms with Crippen LogP contribution in [0, 0.1) is 12.7 Å². The third-order valence-electron chi connectivity index (χ3n) is 3.72. The Labute approximate surface area is 124 Å². The van der Waals surface area contributed by atoms with Gasteiger partial charge in [-0.15, -0.1) is 0 Å². The van der Waals surface area contributed by atoms with E-state index in [-0.39, 0.29) is 18.3 Å². The molecule has 2 atom stereocenters. The second kappa shape index (κ2) is 6.70. The molecule has 0 bridgehead atoms. The Hall–Kier alpha value is -1.91. The Morgan fingerprint density at radius 2 is 2.00 bits per heavy atom. The van der Waals surface area contributed by atoms with Crippen molar-refractivity contribution in [3.8, 4) is 5.75 Å². The average Bonchev–Trinajstić information content (AvgIpc) is 2.50. The van der Waals surface area contributed by atoms with Crippen LogP contribution in [0.5, 0.6) is 5.75 Å². The summed E-state index contributed by atoms with van der Waals surface area (Å²) in [5.41, 5.74) is 8.10. The maximum Gasteiger partial charge on any atom is 0.123 e. The Bertz CT molecular complexity index is 615. The summed E-state index contributed by atoms with van der Waals surface area (Å²) in [6.45, 7) is 2.10. The summed E-state index contributed by atoms with van der Waals surface area (Å²) < 4.78 is 18.6. The minimum atomic E-state index is -0.863. The van der Waals surface area contributed by atoms with Crippen molar-refractivity contribution >= 4 is 0 Å². The van der Waals surface area contributed by atoms with E-state index < -0.39 is 6.10 Å². The molecule has 0 spiro atoms. The number of nitrogens with two attached hydrogens (primary N) is 1. The second-order valence-corrected chi connectivity index (χ2v) is 5.06. The highest BCUT2D eigenvalue weighted by atomic mass is 19.1. The van der Waals surface area contributed by atoms with Crippen molar-refractivity contribution in [3.05, 3.63) is 65.0 Å². The lowest BCUT2D eigenvalue weighted by atomic mass is 9.87. The Morgan fingerprint density at radius 1 is 1.24 bits per heavy atom. The number of methoxy groups -OCH3 is 1. The van der Waals surface area contributed by atoms with Gasteiger partial charge in [-0.05, 0) is 47.9 Å². The number of hydrogen-bond acceptors (Lipinski definition) is 3. The molecule has 4 heteroatoms. The molecule has 2 aromatic carbocycles. The fourth-order valence-corrected chi connectivity index (χ4v) is 2.47. The minimum absolute atomic E-state index is 0.254. The third kappa shape index (κ3) is 3.40. The lowest BCUT2D eigenvalue weighted by Gasteiger charge is -2.24. The van der Waals surface area contributed by atoms with Gasteiger partial charge in [0.2, 0.25) is 0 Å². The summed E-state index contributed by atoms with van der Waals surface area (Å²) in [4.78, 5) is 0. The predicted octanol–water partition coefficient (Wildman–Crippen LogP) is 2.92. The Kier molecular flexibility index (Phi) is 4.94. The van der Waals surface area contributed by atoms with Crippen molar-refractivity contribution in [1.29, 1.82) is 0 Å². The zero-order valence-corrected chi connectivity index (χ0v) is 12.2. The van der Waals surface area contributed by atoms with E-state index in [0.717, 1.165) is 11.1 Å². The summed E-state index contributed by atoms with van der Waals surface area (Å²) in [5.74, 6) is 0.0192. The summed E-state index contributed by atoms with van der Waals surface area (Å²) in [6.07, 6.45) is -0.863. The first kappa shape index (κ1) is 15.5. The molecule has 3 nitrogen and oxygen atoms in total. The molecule has 2 unspecified atom stereocenters. The predicted molar refractivity (Wildman–Crippen MR) is 80.9 cm³/mol. The van der Waals surface area contributed by atoms with Crippen LogP contribution in [0.15, 0.2) is 42.5 Å². The van der Waals surface area contributed by atoms with Crippen LogP contribution in [0.25, 0.3) is 0 Å². The van der Waals surface area contributed by atoms with Crippen LogP contribution in [0.2, 0.25) is 0 Å². The van der Waals surface area contributed by atoms with Crippen molar-refractivity contribution in [2.24, 2.45) is 5.73 Å². The highest BCUT2D eigenvalue weighted by molar-refractivity contribution is 5.36. The molecule has 3 N–H and O–H groups in total. The lowest BCUT2D eigenvalue weighted by molar-refractivity contribution is 0.146. The first-order chi connectivity index (χ1) is 10.1. The van der Waals surface area contributed by atoms with E-state index in [4.69, 9.17) is 10.5 Å². The summed E-state index contributed by atoms with van der Waals surface area (Å²) in [7, 11) is 1.59. The van der Waals surface area contributed by atoms with Crippen LogP contribution in [-0.4, -0.2) is 18.8 Å². The highest BCUT2D eigenvalue weighted by Crippen LogP contribution is 2.33. The Balaban J connectivity index is 2.37. The van der Waals surface area contributed by atoms with E-state index in [9.17, 15) is 9.50 Å². The van der Waals surface area contributed by atoms with Gasteiger partial charge in [-0.3, -0.25) is 0 Å². The number of rotatable bonds is 5. The van der Waals surface area contributed by atoms with E-state index in [1.165, 1.54) is 12.1 Å².